The zero-order valence-corrected chi connectivity index (χ0v) is 9.48. The first kappa shape index (κ1) is 13.9. The number of hydrogen-bond acceptors (Lipinski definition) is 3. The lowest BCUT2D eigenvalue weighted by atomic mass is 10.1. The van der Waals surface area contributed by atoms with Crippen molar-refractivity contribution in [3.63, 3.8) is 0 Å². The molecule has 0 saturated heterocycles. The predicted molar refractivity (Wildman–Crippen MR) is 53.6 cm³/mol. The van der Waals surface area contributed by atoms with Crippen molar-refractivity contribution in [2.45, 2.75) is 22.9 Å². The summed E-state index contributed by atoms with van der Waals surface area (Å²) < 4.78 is 36.1. The van der Waals surface area contributed by atoms with Crippen LogP contribution < -0.4 is 10.8 Å². The zero-order chi connectivity index (χ0) is 13.1. The van der Waals surface area contributed by atoms with E-state index in [2.05, 4.69) is 5.73 Å². The monoisotopic (exact) mass is 265 g/mol. The lowest BCUT2D eigenvalue weighted by molar-refractivity contribution is -0.430. The van der Waals surface area contributed by atoms with Crippen molar-refractivity contribution in [1.29, 1.82) is 0 Å². The minimum Gasteiger partial charge on any atom is -0.550 e. The molecule has 0 aliphatic heterocycles. The van der Waals surface area contributed by atoms with Gasteiger partial charge in [0.1, 0.15) is 6.04 Å². The van der Waals surface area contributed by atoms with Gasteiger partial charge in [-0.3, -0.25) is 0 Å². The third-order valence-corrected chi connectivity index (χ3v) is 2.74. The molecule has 0 aliphatic carbocycles. The van der Waals surface area contributed by atoms with E-state index >= 15 is 0 Å². The summed E-state index contributed by atoms with van der Waals surface area (Å²) in [7, 11) is 0. The van der Waals surface area contributed by atoms with E-state index < -0.39 is 17.5 Å². The lowest BCUT2D eigenvalue weighted by Gasteiger charge is -2.10. The van der Waals surface area contributed by atoms with E-state index in [0.29, 0.717) is 5.56 Å². The molecule has 3 nitrogen and oxygen atoms in total. The first-order valence-corrected chi connectivity index (χ1v) is 5.48. The highest BCUT2D eigenvalue weighted by molar-refractivity contribution is 8.00. The van der Waals surface area contributed by atoms with Crippen molar-refractivity contribution in [3.05, 3.63) is 29.8 Å². The van der Waals surface area contributed by atoms with Gasteiger partial charge in [0.2, 0.25) is 0 Å². The molecule has 0 saturated carbocycles. The number of halogens is 3. The van der Waals surface area contributed by atoms with Crippen LogP contribution in [0.4, 0.5) is 13.2 Å². The summed E-state index contributed by atoms with van der Waals surface area (Å²) in [5, 5.41) is 10.3. The van der Waals surface area contributed by atoms with Crippen molar-refractivity contribution >= 4 is 17.7 Å². The molecule has 0 aliphatic rings. The minimum atomic E-state index is -4.32. The predicted octanol–water partition coefficient (Wildman–Crippen LogP) is 0.722. The van der Waals surface area contributed by atoms with Crippen molar-refractivity contribution < 1.29 is 28.8 Å². The number of thioether (sulfide) groups is 1. The van der Waals surface area contributed by atoms with E-state index in [-0.39, 0.29) is 23.1 Å². The second kappa shape index (κ2) is 5.42. The number of carboxylic acid groups (broad SMARTS) is 1. The van der Waals surface area contributed by atoms with Crippen molar-refractivity contribution in [2.75, 3.05) is 0 Å². The largest absolute Gasteiger partial charge is 0.550 e. The Morgan fingerprint density at radius 1 is 1.35 bits per heavy atom. The average molecular weight is 265 g/mol. The van der Waals surface area contributed by atoms with Gasteiger partial charge in [-0.2, -0.15) is 13.2 Å². The fourth-order valence-corrected chi connectivity index (χ4v) is 1.80. The van der Waals surface area contributed by atoms with Crippen molar-refractivity contribution in [1.82, 2.24) is 0 Å². The molecule has 0 radical (unpaired) electrons. The summed E-state index contributed by atoms with van der Waals surface area (Å²) in [5.41, 5.74) is -0.150. The smallest absolute Gasteiger partial charge is 0.446 e. The second-order valence-corrected chi connectivity index (χ2v) is 4.53. The fraction of sp³-hybridized carbons (Fsp3) is 0.300. The number of carbonyl (C=O) groups excluding carboxylic acids is 1. The Bertz CT molecular complexity index is 392. The van der Waals surface area contributed by atoms with Crippen molar-refractivity contribution in [2.24, 2.45) is 0 Å². The van der Waals surface area contributed by atoms with Crippen LogP contribution in [0.5, 0.6) is 0 Å². The van der Waals surface area contributed by atoms with Gasteiger partial charge in [-0.05, 0) is 23.9 Å². The SMILES string of the molecule is [NH3+][C@@H](CC(=O)[O-])c1ccc(SC(F)(F)F)cc1. The Kier molecular flexibility index (Phi) is 4.41. The van der Waals surface area contributed by atoms with Crippen LogP contribution in [0.3, 0.4) is 0 Å². The van der Waals surface area contributed by atoms with Crippen LogP contribution >= 0.6 is 11.8 Å². The standard InChI is InChI=1S/C10H10F3NO2S/c11-10(12,13)17-7-3-1-6(2-4-7)8(14)5-9(15)16/h1-4,8H,5,14H2,(H,15,16)/t8-/m0/s1. The zero-order valence-electron chi connectivity index (χ0n) is 8.66. The second-order valence-electron chi connectivity index (χ2n) is 3.39. The lowest BCUT2D eigenvalue weighted by Crippen LogP contribution is -2.55. The van der Waals surface area contributed by atoms with Crippen LogP contribution in [0.1, 0.15) is 18.0 Å². The molecule has 0 unspecified atom stereocenters. The maximum Gasteiger partial charge on any atom is 0.446 e. The molecule has 0 fully saturated rings. The highest BCUT2D eigenvalue weighted by Gasteiger charge is 2.29. The molecule has 3 N–H and O–H groups in total. The van der Waals surface area contributed by atoms with E-state index in [9.17, 15) is 23.1 Å². The van der Waals surface area contributed by atoms with Crippen LogP contribution in [0.15, 0.2) is 29.2 Å². The third-order valence-electron chi connectivity index (χ3n) is 2.00. The van der Waals surface area contributed by atoms with Gasteiger partial charge in [-0.25, -0.2) is 0 Å². The van der Waals surface area contributed by atoms with Crippen molar-refractivity contribution in [3.8, 4) is 0 Å². The highest BCUT2D eigenvalue weighted by Crippen LogP contribution is 2.36. The van der Waals surface area contributed by atoms with Gasteiger partial charge in [0.05, 0.1) is 0 Å². The van der Waals surface area contributed by atoms with Gasteiger partial charge in [0.25, 0.3) is 0 Å². The van der Waals surface area contributed by atoms with E-state index in [1.807, 2.05) is 0 Å². The van der Waals surface area contributed by atoms with Crippen LogP contribution in [-0.2, 0) is 4.79 Å². The topological polar surface area (TPSA) is 67.8 Å². The number of rotatable bonds is 4. The van der Waals surface area contributed by atoms with Gasteiger partial charge >= 0.3 is 5.51 Å². The summed E-state index contributed by atoms with van der Waals surface area (Å²) in [6.45, 7) is 0. The van der Waals surface area contributed by atoms with Crippen LogP contribution in [0, 0.1) is 0 Å². The molecule has 1 rings (SSSR count). The van der Waals surface area contributed by atoms with Crippen LogP contribution in [0.2, 0.25) is 0 Å². The van der Waals surface area contributed by atoms with E-state index in [4.69, 9.17) is 0 Å². The van der Waals surface area contributed by atoms with Crippen LogP contribution in [-0.4, -0.2) is 11.5 Å². The molecule has 94 valence electrons. The normalized spacial score (nSPS) is 13.4. The maximum absolute atomic E-state index is 12.0. The summed E-state index contributed by atoms with van der Waals surface area (Å²) in [5.74, 6) is -1.24. The maximum atomic E-state index is 12.0. The van der Waals surface area contributed by atoms with Gasteiger partial charge in [-0.15, -0.1) is 0 Å². The third kappa shape index (κ3) is 5.10. The Hall–Kier alpha value is -1.21. The number of aliphatic carboxylic acids is 1. The molecule has 7 heteroatoms. The molecule has 17 heavy (non-hydrogen) atoms. The number of carbonyl (C=O) groups is 1. The number of quaternary nitrogens is 1. The van der Waals surface area contributed by atoms with Gasteiger partial charge in [0.15, 0.2) is 0 Å². The highest BCUT2D eigenvalue weighted by atomic mass is 32.2. The number of carboxylic acids is 1. The molecule has 1 aromatic rings. The first-order chi connectivity index (χ1) is 7.78. The Morgan fingerprint density at radius 2 is 1.88 bits per heavy atom. The van der Waals surface area contributed by atoms with E-state index in [1.165, 1.54) is 24.3 Å². The number of alkyl halides is 3. The van der Waals surface area contributed by atoms with Gasteiger partial charge in [0, 0.05) is 22.8 Å². The molecule has 1 aromatic carbocycles. The molecular weight excluding hydrogens is 255 g/mol. The number of benzene rings is 1. The minimum absolute atomic E-state index is 0.0573. The molecule has 1 atom stereocenters. The first-order valence-electron chi connectivity index (χ1n) is 4.66. The summed E-state index contributed by atoms with van der Waals surface area (Å²) in [4.78, 5) is 10.4. The number of hydrogen-bond donors (Lipinski definition) is 1. The molecule has 0 amide bonds. The Labute approximate surface area is 99.8 Å². The molecule has 0 bridgehead atoms. The molecule has 0 heterocycles. The van der Waals surface area contributed by atoms with Gasteiger partial charge < -0.3 is 15.6 Å². The summed E-state index contributed by atoms with van der Waals surface area (Å²) in [6.07, 6.45) is -0.258. The average Bonchev–Trinajstić information content (AvgIpc) is 2.15. The summed E-state index contributed by atoms with van der Waals surface area (Å²) >= 11 is -0.214. The van der Waals surface area contributed by atoms with Crippen LogP contribution in [0.25, 0.3) is 0 Å². The van der Waals surface area contributed by atoms with E-state index in [0.717, 1.165) is 0 Å². The summed E-state index contributed by atoms with van der Waals surface area (Å²) in [6, 6.07) is 4.94. The Morgan fingerprint density at radius 3 is 2.29 bits per heavy atom. The fourth-order valence-electron chi connectivity index (χ4n) is 1.26. The molecule has 0 aromatic heterocycles. The molecule has 0 spiro atoms. The quantitative estimate of drug-likeness (QED) is 0.816. The van der Waals surface area contributed by atoms with E-state index in [1.54, 1.807) is 0 Å². The Balaban J connectivity index is 2.71. The molecular formula is C10H10F3NO2S. The van der Waals surface area contributed by atoms with Gasteiger partial charge in [-0.1, -0.05) is 12.1 Å².